The van der Waals surface area contributed by atoms with Crippen LogP contribution < -0.4 is 4.90 Å². The molecule has 2 nitrogen and oxygen atoms in total. The van der Waals surface area contributed by atoms with Crippen LogP contribution in [0.1, 0.15) is 25.0 Å². The van der Waals surface area contributed by atoms with Gasteiger partial charge in [0.25, 0.3) is 0 Å². The summed E-state index contributed by atoms with van der Waals surface area (Å²) in [5, 5.41) is 3.59. The van der Waals surface area contributed by atoms with E-state index in [1.54, 1.807) is 0 Å². The van der Waals surface area contributed by atoms with E-state index in [4.69, 9.17) is 4.98 Å². The summed E-state index contributed by atoms with van der Waals surface area (Å²) in [7, 11) is 0. The normalized spacial score (nSPS) is 12.8. The monoisotopic (exact) mass is 690 g/mol. The van der Waals surface area contributed by atoms with Crippen molar-refractivity contribution in [2.24, 2.45) is 0 Å². The highest BCUT2D eigenvalue weighted by Crippen LogP contribution is 2.55. The van der Waals surface area contributed by atoms with E-state index in [0.29, 0.717) is 0 Å². The lowest BCUT2D eigenvalue weighted by Crippen LogP contribution is -2.16. The maximum atomic E-state index is 5.32. The van der Waals surface area contributed by atoms with Gasteiger partial charge in [0.15, 0.2) is 0 Å². The molecule has 256 valence electrons. The number of nitrogens with zero attached hydrogens (tertiary/aromatic N) is 2. The smallest absolute Gasteiger partial charge is 0.0788 e. The molecule has 0 saturated carbocycles. The van der Waals surface area contributed by atoms with Gasteiger partial charge in [-0.15, -0.1) is 0 Å². The molecule has 0 spiro atoms. The van der Waals surface area contributed by atoms with Gasteiger partial charge < -0.3 is 4.90 Å². The Kier molecular flexibility index (Phi) is 7.52. The van der Waals surface area contributed by atoms with Crippen molar-refractivity contribution in [1.29, 1.82) is 0 Å². The SMILES string of the molecule is CC1(C)c2cc(-c3nc4ccccc4cc3-c3ccccc3)ccc2-c2c(N(c3cccc(-c4ccccc4)c3)c3ccc4ccccc4c3)cccc21. The van der Waals surface area contributed by atoms with Crippen LogP contribution in [0.4, 0.5) is 17.1 Å². The summed E-state index contributed by atoms with van der Waals surface area (Å²) in [6, 6.07) is 70.3. The molecular weight excluding hydrogens is 653 g/mol. The zero-order valence-electron chi connectivity index (χ0n) is 30.4. The average Bonchev–Trinajstić information content (AvgIpc) is 3.47. The number of aromatic nitrogens is 1. The van der Waals surface area contributed by atoms with Crippen LogP contribution in [0.5, 0.6) is 0 Å². The molecule has 0 unspecified atom stereocenters. The molecule has 0 fully saturated rings. The van der Waals surface area contributed by atoms with E-state index in [1.807, 2.05) is 0 Å². The predicted octanol–water partition coefficient (Wildman–Crippen LogP) is 14.2. The molecule has 1 aliphatic rings. The van der Waals surface area contributed by atoms with E-state index in [2.05, 4.69) is 213 Å². The lowest BCUT2D eigenvalue weighted by Gasteiger charge is -2.29. The lowest BCUT2D eigenvalue weighted by atomic mass is 9.81. The number of para-hydroxylation sites is 1. The summed E-state index contributed by atoms with van der Waals surface area (Å²) < 4.78 is 0. The number of fused-ring (bicyclic) bond motifs is 5. The second-order valence-corrected chi connectivity index (χ2v) is 14.8. The van der Waals surface area contributed by atoms with E-state index in [1.165, 1.54) is 55.4 Å². The van der Waals surface area contributed by atoms with Gasteiger partial charge in [0, 0.05) is 38.9 Å². The Morgan fingerprint density at radius 1 is 0.407 bits per heavy atom. The van der Waals surface area contributed by atoms with Crippen LogP contribution in [0.15, 0.2) is 194 Å². The minimum Gasteiger partial charge on any atom is -0.310 e. The van der Waals surface area contributed by atoms with Crippen molar-refractivity contribution in [3.05, 3.63) is 205 Å². The zero-order valence-corrected chi connectivity index (χ0v) is 30.4. The molecule has 0 amide bonds. The highest BCUT2D eigenvalue weighted by Gasteiger charge is 2.38. The van der Waals surface area contributed by atoms with Gasteiger partial charge in [-0.2, -0.15) is 0 Å². The molecule has 0 N–H and O–H groups in total. The Morgan fingerprint density at radius 2 is 1.07 bits per heavy atom. The molecule has 1 heterocycles. The topological polar surface area (TPSA) is 16.1 Å². The van der Waals surface area contributed by atoms with E-state index in [-0.39, 0.29) is 5.41 Å². The van der Waals surface area contributed by atoms with Crippen molar-refractivity contribution in [2.75, 3.05) is 4.90 Å². The molecule has 1 aliphatic carbocycles. The minimum absolute atomic E-state index is 0.235. The Morgan fingerprint density at radius 3 is 1.89 bits per heavy atom. The second-order valence-electron chi connectivity index (χ2n) is 14.8. The maximum absolute atomic E-state index is 5.32. The van der Waals surface area contributed by atoms with Gasteiger partial charge in [-0.3, -0.25) is 0 Å². The van der Waals surface area contributed by atoms with Crippen molar-refractivity contribution < 1.29 is 0 Å². The zero-order chi connectivity index (χ0) is 36.2. The Labute approximate surface area is 316 Å². The summed E-state index contributed by atoms with van der Waals surface area (Å²) >= 11 is 0. The molecule has 0 bridgehead atoms. The van der Waals surface area contributed by atoms with E-state index in [0.717, 1.165) is 39.1 Å². The van der Waals surface area contributed by atoms with Gasteiger partial charge in [-0.25, -0.2) is 4.98 Å². The van der Waals surface area contributed by atoms with Gasteiger partial charge in [0.05, 0.1) is 16.9 Å². The number of hydrogen-bond donors (Lipinski definition) is 0. The number of hydrogen-bond acceptors (Lipinski definition) is 2. The van der Waals surface area contributed by atoms with Crippen LogP contribution >= 0.6 is 0 Å². The van der Waals surface area contributed by atoms with Crippen molar-refractivity contribution in [3.8, 4) is 44.6 Å². The van der Waals surface area contributed by atoms with Gasteiger partial charge in [-0.05, 0) is 92.7 Å². The highest BCUT2D eigenvalue weighted by molar-refractivity contribution is 5.99. The summed E-state index contributed by atoms with van der Waals surface area (Å²) in [4.78, 5) is 7.77. The molecule has 0 atom stereocenters. The number of pyridine rings is 1. The van der Waals surface area contributed by atoms with Crippen LogP contribution in [-0.2, 0) is 5.41 Å². The summed E-state index contributed by atoms with van der Waals surface area (Å²) in [5.41, 5.74) is 16.2. The standard InChI is InChI=1S/C52H38N2/c1-52(2)46-24-14-26-49(54(43-29-27-36-17-9-10-20-38(36)32-43)42-23-13-22-39(31-42)35-15-5-3-6-16-35)50(46)44-30-28-41(34-47(44)52)51-45(37-18-7-4-8-19-37)33-40-21-11-12-25-48(40)53-51/h3-34H,1-2H3. The van der Waals surface area contributed by atoms with E-state index >= 15 is 0 Å². The van der Waals surface area contributed by atoms with Crippen molar-refractivity contribution in [3.63, 3.8) is 0 Å². The van der Waals surface area contributed by atoms with Crippen LogP contribution in [0.25, 0.3) is 66.3 Å². The Hall–Kier alpha value is -6.77. The van der Waals surface area contributed by atoms with E-state index in [9.17, 15) is 0 Å². The minimum atomic E-state index is -0.235. The van der Waals surface area contributed by atoms with Crippen LogP contribution in [0, 0.1) is 0 Å². The van der Waals surface area contributed by atoms with Crippen molar-refractivity contribution in [1.82, 2.24) is 4.98 Å². The average molecular weight is 691 g/mol. The van der Waals surface area contributed by atoms with Crippen LogP contribution in [-0.4, -0.2) is 4.98 Å². The highest BCUT2D eigenvalue weighted by atomic mass is 15.1. The fraction of sp³-hybridized carbons (Fsp3) is 0.0577. The van der Waals surface area contributed by atoms with Gasteiger partial charge >= 0.3 is 0 Å². The number of benzene rings is 8. The maximum Gasteiger partial charge on any atom is 0.0788 e. The van der Waals surface area contributed by atoms with Crippen LogP contribution in [0.3, 0.4) is 0 Å². The first-order chi connectivity index (χ1) is 26.5. The summed E-state index contributed by atoms with van der Waals surface area (Å²) in [5.74, 6) is 0. The Balaban J connectivity index is 1.18. The van der Waals surface area contributed by atoms with Crippen molar-refractivity contribution in [2.45, 2.75) is 19.3 Å². The third-order valence-electron chi connectivity index (χ3n) is 11.2. The molecule has 8 aromatic carbocycles. The van der Waals surface area contributed by atoms with Gasteiger partial charge in [0.2, 0.25) is 0 Å². The summed E-state index contributed by atoms with van der Waals surface area (Å²) in [6.45, 7) is 4.74. The number of rotatable bonds is 6. The van der Waals surface area contributed by atoms with Crippen molar-refractivity contribution >= 4 is 38.7 Å². The fourth-order valence-corrected chi connectivity index (χ4v) is 8.47. The number of anilines is 3. The quantitative estimate of drug-likeness (QED) is 0.173. The largest absolute Gasteiger partial charge is 0.310 e. The third-order valence-corrected chi connectivity index (χ3v) is 11.2. The van der Waals surface area contributed by atoms with Gasteiger partial charge in [-0.1, -0.05) is 159 Å². The molecule has 1 aromatic heterocycles. The van der Waals surface area contributed by atoms with E-state index < -0.39 is 0 Å². The predicted molar refractivity (Wildman–Crippen MR) is 228 cm³/mol. The molecular formula is C52H38N2. The van der Waals surface area contributed by atoms with Crippen LogP contribution in [0.2, 0.25) is 0 Å². The molecule has 54 heavy (non-hydrogen) atoms. The molecule has 0 radical (unpaired) electrons. The molecule has 0 aliphatic heterocycles. The Bertz CT molecular complexity index is 2850. The van der Waals surface area contributed by atoms with Gasteiger partial charge in [0.1, 0.15) is 0 Å². The molecule has 0 saturated heterocycles. The summed E-state index contributed by atoms with van der Waals surface area (Å²) in [6.07, 6.45) is 0. The fourth-order valence-electron chi connectivity index (χ4n) is 8.47. The molecule has 9 aromatic rings. The molecule has 10 rings (SSSR count). The molecule has 2 heteroatoms. The first kappa shape index (κ1) is 31.9. The first-order valence-electron chi connectivity index (χ1n) is 18.7. The first-order valence-corrected chi connectivity index (χ1v) is 18.7. The third kappa shape index (κ3) is 5.30. The second kappa shape index (κ2) is 12.7. The lowest BCUT2D eigenvalue weighted by molar-refractivity contribution is 0.660.